The van der Waals surface area contributed by atoms with Gasteiger partial charge in [0, 0.05) is 19.3 Å². The third kappa shape index (κ3) is 1.89. The Morgan fingerprint density at radius 1 is 1.42 bits per heavy atom. The summed E-state index contributed by atoms with van der Waals surface area (Å²) >= 11 is 0. The first-order chi connectivity index (χ1) is 9.00. The molecular weight excluding hydrogens is 264 g/mol. The predicted octanol–water partition coefficient (Wildman–Crippen LogP) is 0.947. The summed E-state index contributed by atoms with van der Waals surface area (Å²) < 4.78 is 28.3. The molecule has 0 saturated carbocycles. The van der Waals surface area contributed by atoms with Gasteiger partial charge in [-0.1, -0.05) is 13.0 Å². The molecule has 0 bridgehead atoms. The average Bonchev–Trinajstić information content (AvgIpc) is 2.92. The van der Waals surface area contributed by atoms with Gasteiger partial charge in [0.25, 0.3) is 10.0 Å². The molecule has 0 aromatic carbocycles. The molecule has 2 aromatic heterocycles. The van der Waals surface area contributed by atoms with Crippen LogP contribution in [0.5, 0.6) is 0 Å². The zero-order valence-corrected chi connectivity index (χ0v) is 11.5. The van der Waals surface area contributed by atoms with E-state index >= 15 is 0 Å². The molecule has 19 heavy (non-hydrogen) atoms. The number of hydrogen-bond acceptors (Lipinski definition) is 4. The van der Waals surface area contributed by atoms with Gasteiger partial charge in [0.05, 0.1) is 0 Å². The van der Waals surface area contributed by atoms with Gasteiger partial charge in [-0.2, -0.15) is 4.31 Å². The summed E-state index contributed by atoms with van der Waals surface area (Å²) in [6, 6.07) is 5.30. The molecule has 1 atom stereocenters. The van der Waals surface area contributed by atoms with Crippen molar-refractivity contribution in [3.63, 3.8) is 0 Å². The molecule has 1 unspecified atom stereocenters. The Morgan fingerprint density at radius 3 is 2.89 bits per heavy atom. The summed E-state index contributed by atoms with van der Waals surface area (Å²) in [6.07, 6.45) is 2.56. The van der Waals surface area contributed by atoms with Gasteiger partial charge in [0.2, 0.25) is 0 Å². The van der Waals surface area contributed by atoms with Gasteiger partial charge in [-0.25, -0.2) is 13.4 Å². The fourth-order valence-electron chi connectivity index (χ4n) is 2.48. The summed E-state index contributed by atoms with van der Waals surface area (Å²) in [5, 5.41) is 0.0807. The number of aromatic nitrogens is 2. The summed E-state index contributed by atoms with van der Waals surface area (Å²) in [4.78, 5) is 4.10. The Hall–Kier alpha value is -1.60. The van der Waals surface area contributed by atoms with Crippen molar-refractivity contribution in [3.05, 3.63) is 24.4 Å². The highest BCUT2D eigenvalue weighted by atomic mass is 32.2. The lowest BCUT2D eigenvalue weighted by atomic mass is 10.2. The number of sulfonamides is 1. The fourth-order valence-corrected chi connectivity index (χ4v) is 4.24. The Balaban J connectivity index is 2.16. The van der Waals surface area contributed by atoms with E-state index in [4.69, 9.17) is 5.73 Å². The van der Waals surface area contributed by atoms with E-state index in [2.05, 4.69) is 4.98 Å². The first-order valence-corrected chi connectivity index (χ1v) is 7.67. The minimum atomic E-state index is -3.58. The van der Waals surface area contributed by atoms with Gasteiger partial charge in [-0.05, 0) is 24.5 Å². The summed E-state index contributed by atoms with van der Waals surface area (Å²) in [7, 11) is -3.58. The van der Waals surface area contributed by atoms with Crippen LogP contribution in [0.4, 0.5) is 5.82 Å². The molecule has 0 spiro atoms. The van der Waals surface area contributed by atoms with E-state index in [1.54, 1.807) is 24.4 Å². The molecule has 0 aliphatic carbocycles. The molecule has 3 rings (SSSR count). The molecule has 1 aliphatic rings. The number of nitrogen functional groups attached to an aromatic ring is 1. The standard InChI is InChI=1S/C12H16N4O2S/c1-9-5-7-15(8-9)19(17,18)12-11(13)14-10-4-2-3-6-16(10)12/h2-4,6,9H,5,7-8,13H2,1H3. The predicted molar refractivity (Wildman–Crippen MR) is 72.1 cm³/mol. The lowest BCUT2D eigenvalue weighted by Gasteiger charge is -2.15. The number of hydrogen-bond donors (Lipinski definition) is 1. The van der Waals surface area contributed by atoms with Crippen molar-refractivity contribution in [3.8, 4) is 0 Å². The second-order valence-corrected chi connectivity index (χ2v) is 6.84. The first kappa shape index (κ1) is 12.4. The minimum Gasteiger partial charge on any atom is -0.381 e. The van der Waals surface area contributed by atoms with Gasteiger partial charge < -0.3 is 5.73 Å². The normalized spacial score (nSPS) is 21.2. The van der Waals surface area contributed by atoms with E-state index in [9.17, 15) is 8.42 Å². The van der Waals surface area contributed by atoms with Crippen LogP contribution < -0.4 is 5.73 Å². The molecule has 1 saturated heterocycles. The first-order valence-electron chi connectivity index (χ1n) is 6.23. The van der Waals surface area contributed by atoms with Crippen LogP contribution in [0.15, 0.2) is 29.4 Å². The molecular formula is C12H16N4O2S. The number of anilines is 1. The molecule has 3 heterocycles. The van der Waals surface area contributed by atoms with E-state index in [1.165, 1.54) is 8.71 Å². The molecule has 1 fully saturated rings. The van der Waals surface area contributed by atoms with Crippen molar-refractivity contribution in [2.75, 3.05) is 18.8 Å². The van der Waals surface area contributed by atoms with Crippen LogP contribution in [-0.2, 0) is 10.0 Å². The summed E-state index contributed by atoms with van der Waals surface area (Å²) in [5.74, 6) is 0.445. The molecule has 0 radical (unpaired) electrons. The van der Waals surface area contributed by atoms with Crippen LogP contribution in [0.25, 0.3) is 5.65 Å². The van der Waals surface area contributed by atoms with Crippen LogP contribution in [0.3, 0.4) is 0 Å². The van der Waals surface area contributed by atoms with E-state index in [-0.39, 0.29) is 10.8 Å². The maximum Gasteiger partial charge on any atom is 0.262 e. The van der Waals surface area contributed by atoms with Crippen molar-refractivity contribution in [2.24, 2.45) is 5.92 Å². The van der Waals surface area contributed by atoms with Gasteiger partial charge in [0.15, 0.2) is 10.8 Å². The van der Waals surface area contributed by atoms with E-state index in [0.29, 0.717) is 24.7 Å². The molecule has 1 aliphatic heterocycles. The average molecular weight is 280 g/mol. The Morgan fingerprint density at radius 2 is 2.21 bits per heavy atom. The number of nitrogens with two attached hydrogens (primary N) is 1. The van der Waals surface area contributed by atoms with Crippen molar-refractivity contribution in [1.29, 1.82) is 0 Å². The lowest BCUT2D eigenvalue weighted by Crippen LogP contribution is -2.30. The number of imidazole rings is 1. The molecule has 2 aromatic rings. The van der Waals surface area contributed by atoms with E-state index < -0.39 is 10.0 Å². The molecule has 2 N–H and O–H groups in total. The summed E-state index contributed by atoms with van der Waals surface area (Å²) in [6.45, 7) is 3.14. The van der Waals surface area contributed by atoms with Gasteiger partial charge in [-0.15, -0.1) is 0 Å². The quantitative estimate of drug-likeness (QED) is 0.888. The highest BCUT2D eigenvalue weighted by Gasteiger charge is 2.34. The monoisotopic (exact) mass is 280 g/mol. The Kier molecular flexibility index (Phi) is 2.75. The topological polar surface area (TPSA) is 80.7 Å². The van der Waals surface area contributed by atoms with E-state index in [1.807, 2.05) is 6.92 Å². The van der Waals surface area contributed by atoms with Gasteiger partial charge in [-0.3, -0.25) is 4.40 Å². The van der Waals surface area contributed by atoms with Gasteiger partial charge in [0.1, 0.15) is 5.65 Å². The van der Waals surface area contributed by atoms with Crippen LogP contribution in [0.2, 0.25) is 0 Å². The Bertz CT molecular complexity index is 722. The molecule has 102 valence electrons. The molecule has 7 heteroatoms. The third-order valence-corrected chi connectivity index (χ3v) is 5.39. The van der Waals surface area contributed by atoms with Crippen LogP contribution in [0.1, 0.15) is 13.3 Å². The number of nitrogens with zero attached hydrogens (tertiary/aromatic N) is 3. The number of fused-ring (bicyclic) bond motifs is 1. The van der Waals surface area contributed by atoms with Crippen molar-refractivity contribution in [2.45, 2.75) is 18.4 Å². The highest BCUT2D eigenvalue weighted by Crippen LogP contribution is 2.27. The van der Waals surface area contributed by atoms with Gasteiger partial charge >= 0.3 is 0 Å². The second kappa shape index (κ2) is 4.21. The lowest BCUT2D eigenvalue weighted by molar-refractivity contribution is 0.461. The zero-order valence-electron chi connectivity index (χ0n) is 10.7. The second-order valence-electron chi connectivity index (χ2n) is 4.99. The summed E-state index contributed by atoms with van der Waals surface area (Å²) in [5.41, 5.74) is 6.35. The third-order valence-electron chi connectivity index (χ3n) is 3.48. The fraction of sp³-hybridized carbons (Fsp3) is 0.417. The highest BCUT2D eigenvalue weighted by molar-refractivity contribution is 7.89. The SMILES string of the molecule is CC1CCN(S(=O)(=O)c2c(N)nc3ccccn23)C1. The number of rotatable bonds is 2. The minimum absolute atomic E-state index is 0.0609. The van der Waals surface area contributed by atoms with Crippen molar-refractivity contribution in [1.82, 2.24) is 13.7 Å². The number of pyridine rings is 1. The zero-order chi connectivity index (χ0) is 13.6. The largest absolute Gasteiger partial charge is 0.381 e. The smallest absolute Gasteiger partial charge is 0.262 e. The Labute approximate surface area is 111 Å². The van der Waals surface area contributed by atoms with Crippen molar-refractivity contribution >= 4 is 21.5 Å². The van der Waals surface area contributed by atoms with E-state index in [0.717, 1.165) is 6.42 Å². The van der Waals surface area contributed by atoms with Crippen molar-refractivity contribution < 1.29 is 8.42 Å². The molecule has 6 nitrogen and oxygen atoms in total. The van der Waals surface area contributed by atoms with Crippen LogP contribution >= 0.6 is 0 Å². The van der Waals surface area contributed by atoms with Crippen LogP contribution in [-0.4, -0.2) is 35.2 Å². The maximum atomic E-state index is 12.7. The molecule has 0 amide bonds. The maximum absolute atomic E-state index is 12.7. The van der Waals surface area contributed by atoms with Crippen LogP contribution in [0, 0.1) is 5.92 Å².